The molecule has 100 valence electrons. The van der Waals surface area contributed by atoms with E-state index in [2.05, 4.69) is 28.2 Å². The Kier molecular flexibility index (Phi) is 4.55. The topological polar surface area (TPSA) is 37.4 Å². The highest BCUT2D eigenvalue weighted by molar-refractivity contribution is 5.52. The molecular weight excluding hydrogens is 226 g/mol. The summed E-state index contributed by atoms with van der Waals surface area (Å²) in [5, 5.41) is 3.22. The lowest BCUT2D eigenvalue weighted by Crippen LogP contribution is -2.43. The van der Waals surface area contributed by atoms with E-state index in [1.165, 1.54) is 11.3 Å². The number of pyridine rings is 1. The largest absolute Gasteiger partial charge is 0.381 e. The fourth-order valence-corrected chi connectivity index (χ4v) is 2.71. The average molecular weight is 249 g/mol. The monoisotopic (exact) mass is 249 g/mol. The summed E-state index contributed by atoms with van der Waals surface area (Å²) in [6.07, 6.45) is 6.43. The number of rotatable bonds is 4. The van der Waals surface area contributed by atoms with Crippen LogP contribution in [0.25, 0.3) is 0 Å². The van der Waals surface area contributed by atoms with E-state index in [-0.39, 0.29) is 0 Å². The maximum atomic E-state index is 5.47. The van der Waals surface area contributed by atoms with E-state index in [1.54, 1.807) is 0 Å². The van der Waals surface area contributed by atoms with Gasteiger partial charge in [-0.25, -0.2) is 0 Å². The van der Waals surface area contributed by atoms with Gasteiger partial charge in [0.15, 0.2) is 0 Å². The number of nitrogens with one attached hydrogen (secondary N) is 1. The quantitative estimate of drug-likeness (QED) is 0.883. The van der Waals surface area contributed by atoms with Crippen LogP contribution in [0.5, 0.6) is 0 Å². The van der Waals surface area contributed by atoms with Gasteiger partial charge in [-0.1, -0.05) is 0 Å². The summed E-state index contributed by atoms with van der Waals surface area (Å²) >= 11 is 0. The van der Waals surface area contributed by atoms with Gasteiger partial charge in [-0.2, -0.15) is 0 Å². The molecule has 1 aliphatic heterocycles. The van der Waals surface area contributed by atoms with Gasteiger partial charge >= 0.3 is 0 Å². The molecule has 1 N–H and O–H groups in total. The fourth-order valence-electron chi connectivity index (χ4n) is 2.71. The molecule has 2 unspecified atom stereocenters. The summed E-state index contributed by atoms with van der Waals surface area (Å²) in [6.45, 7) is 4.19. The highest BCUT2D eigenvalue weighted by atomic mass is 16.5. The van der Waals surface area contributed by atoms with Gasteiger partial charge in [0.25, 0.3) is 0 Å². The number of anilines is 1. The molecule has 18 heavy (non-hydrogen) atoms. The minimum atomic E-state index is 0.403. The first-order valence-corrected chi connectivity index (χ1v) is 6.63. The van der Waals surface area contributed by atoms with E-state index in [9.17, 15) is 0 Å². The Morgan fingerprint density at radius 1 is 1.56 bits per heavy atom. The lowest BCUT2D eigenvalue weighted by Gasteiger charge is -2.39. The highest BCUT2D eigenvalue weighted by Crippen LogP contribution is 2.28. The van der Waals surface area contributed by atoms with Crippen molar-refractivity contribution in [3.63, 3.8) is 0 Å². The van der Waals surface area contributed by atoms with E-state index in [0.29, 0.717) is 12.1 Å². The van der Waals surface area contributed by atoms with Gasteiger partial charge in [0.05, 0.1) is 18.0 Å². The Hall–Kier alpha value is -1.13. The number of ether oxygens (including phenoxy) is 1. The molecule has 0 saturated carbocycles. The van der Waals surface area contributed by atoms with Crippen LogP contribution in [0.1, 0.15) is 25.3 Å². The molecule has 2 rings (SSSR count). The van der Waals surface area contributed by atoms with Crippen LogP contribution in [0.2, 0.25) is 0 Å². The molecule has 0 radical (unpaired) electrons. The number of methoxy groups -OCH3 is 1. The summed E-state index contributed by atoms with van der Waals surface area (Å²) in [4.78, 5) is 6.73. The molecule has 2 atom stereocenters. The maximum absolute atomic E-state index is 5.47. The SMILES string of the molecule is CNCc1ccncc1N1CCC(OC)CC1C. The van der Waals surface area contributed by atoms with Crippen molar-refractivity contribution in [3.8, 4) is 0 Å². The molecule has 2 heterocycles. The second kappa shape index (κ2) is 6.16. The number of aromatic nitrogens is 1. The van der Waals surface area contributed by atoms with Gasteiger partial charge in [-0.05, 0) is 38.4 Å². The smallest absolute Gasteiger partial charge is 0.0607 e. The molecule has 1 fully saturated rings. The number of hydrogen-bond donors (Lipinski definition) is 1. The van der Waals surface area contributed by atoms with Crippen LogP contribution in [0.4, 0.5) is 5.69 Å². The van der Waals surface area contributed by atoms with Crippen LogP contribution >= 0.6 is 0 Å². The Morgan fingerprint density at radius 2 is 2.39 bits per heavy atom. The summed E-state index contributed by atoms with van der Waals surface area (Å²) in [6, 6.07) is 2.60. The van der Waals surface area contributed by atoms with Crippen molar-refractivity contribution in [1.29, 1.82) is 0 Å². The van der Waals surface area contributed by atoms with Crippen molar-refractivity contribution in [2.45, 2.75) is 38.5 Å². The number of hydrogen-bond acceptors (Lipinski definition) is 4. The third-order valence-corrected chi connectivity index (χ3v) is 3.73. The van der Waals surface area contributed by atoms with Gasteiger partial charge in [0, 0.05) is 32.4 Å². The standard InChI is InChI=1S/C14H23N3O/c1-11-8-13(18-3)5-7-17(11)14-10-16-6-4-12(14)9-15-2/h4,6,10-11,13,15H,5,7-9H2,1-3H3. The number of piperidine rings is 1. The van der Waals surface area contributed by atoms with E-state index < -0.39 is 0 Å². The third-order valence-electron chi connectivity index (χ3n) is 3.73. The summed E-state index contributed by atoms with van der Waals surface area (Å²) < 4.78 is 5.47. The zero-order valence-electron chi connectivity index (χ0n) is 11.5. The Morgan fingerprint density at radius 3 is 3.06 bits per heavy atom. The van der Waals surface area contributed by atoms with Crippen LogP contribution in [0.15, 0.2) is 18.5 Å². The normalized spacial score (nSPS) is 24.3. The molecule has 1 aliphatic rings. The molecule has 4 heteroatoms. The van der Waals surface area contributed by atoms with Gasteiger partial charge < -0.3 is 15.0 Å². The van der Waals surface area contributed by atoms with Crippen molar-refractivity contribution in [1.82, 2.24) is 10.3 Å². The summed E-state index contributed by atoms with van der Waals surface area (Å²) in [7, 11) is 3.79. The molecule has 0 amide bonds. The van der Waals surface area contributed by atoms with Gasteiger partial charge in [0.2, 0.25) is 0 Å². The van der Waals surface area contributed by atoms with Gasteiger partial charge in [0.1, 0.15) is 0 Å². The van der Waals surface area contributed by atoms with E-state index in [1.807, 2.05) is 26.6 Å². The van der Waals surface area contributed by atoms with E-state index in [4.69, 9.17) is 4.74 Å². The Bertz CT molecular complexity index is 383. The van der Waals surface area contributed by atoms with Crippen LogP contribution < -0.4 is 10.2 Å². The third kappa shape index (κ3) is 2.82. The average Bonchev–Trinajstić information content (AvgIpc) is 2.40. The lowest BCUT2D eigenvalue weighted by atomic mass is 9.99. The first kappa shape index (κ1) is 13.3. The van der Waals surface area contributed by atoms with Crippen molar-refractivity contribution < 1.29 is 4.74 Å². The molecule has 1 aromatic rings. The van der Waals surface area contributed by atoms with Crippen molar-refractivity contribution >= 4 is 5.69 Å². The first-order chi connectivity index (χ1) is 8.76. The van der Waals surface area contributed by atoms with Gasteiger partial charge in [-0.15, -0.1) is 0 Å². The van der Waals surface area contributed by atoms with Crippen molar-refractivity contribution in [2.75, 3.05) is 25.6 Å². The molecule has 0 spiro atoms. The molecular formula is C14H23N3O. The van der Waals surface area contributed by atoms with Crippen molar-refractivity contribution in [3.05, 3.63) is 24.0 Å². The zero-order valence-corrected chi connectivity index (χ0v) is 11.5. The second-order valence-corrected chi connectivity index (χ2v) is 4.96. The number of nitrogens with zero attached hydrogens (tertiary/aromatic N) is 2. The molecule has 0 aromatic carbocycles. The Balaban J connectivity index is 2.16. The molecule has 0 aliphatic carbocycles. The highest BCUT2D eigenvalue weighted by Gasteiger charge is 2.26. The van der Waals surface area contributed by atoms with Crippen LogP contribution in [-0.4, -0.2) is 37.8 Å². The second-order valence-electron chi connectivity index (χ2n) is 4.96. The van der Waals surface area contributed by atoms with Crippen LogP contribution in [0.3, 0.4) is 0 Å². The molecule has 0 bridgehead atoms. The minimum absolute atomic E-state index is 0.403. The Labute approximate surface area is 109 Å². The van der Waals surface area contributed by atoms with Crippen LogP contribution in [0, 0.1) is 0 Å². The molecule has 4 nitrogen and oxygen atoms in total. The van der Waals surface area contributed by atoms with Crippen LogP contribution in [-0.2, 0) is 11.3 Å². The first-order valence-electron chi connectivity index (χ1n) is 6.63. The van der Waals surface area contributed by atoms with Gasteiger partial charge in [-0.3, -0.25) is 4.98 Å². The van der Waals surface area contributed by atoms with Crippen molar-refractivity contribution in [2.24, 2.45) is 0 Å². The minimum Gasteiger partial charge on any atom is -0.381 e. The zero-order chi connectivity index (χ0) is 13.0. The summed E-state index contributed by atoms with van der Waals surface area (Å²) in [5.74, 6) is 0. The lowest BCUT2D eigenvalue weighted by molar-refractivity contribution is 0.0721. The summed E-state index contributed by atoms with van der Waals surface area (Å²) in [5.41, 5.74) is 2.57. The predicted molar refractivity (Wildman–Crippen MR) is 73.8 cm³/mol. The maximum Gasteiger partial charge on any atom is 0.0607 e. The van der Waals surface area contributed by atoms with E-state index in [0.717, 1.165) is 25.9 Å². The van der Waals surface area contributed by atoms with E-state index >= 15 is 0 Å². The fraction of sp³-hybridized carbons (Fsp3) is 0.643. The molecule has 1 aromatic heterocycles. The predicted octanol–water partition coefficient (Wildman–Crippen LogP) is 1.80. The molecule has 1 saturated heterocycles.